The molecule has 5 nitrogen and oxygen atoms in total. The summed E-state index contributed by atoms with van der Waals surface area (Å²) in [5.41, 5.74) is -0.186. The van der Waals surface area contributed by atoms with E-state index in [4.69, 9.17) is 5.11 Å². The van der Waals surface area contributed by atoms with Gasteiger partial charge >= 0.3 is 12.1 Å². The van der Waals surface area contributed by atoms with Crippen LogP contribution in [0, 0.1) is 0 Å². The van der Waals surface area contributed by atoms with E-state index in [1.807, 2.05) is 19.0 Å². The monoisotopic (exact) mass is 346 g/mol. The van der Waals surface area contributed by atoms with Crippen molar-refractivity contribution < 1.29 is 27.9 Å². The highest BCUT2D eigenvalue weighted by Gasteiger charge is 2.30. The number of rotatable bonds is 8. The fourth-order valence-corrected chi connectivity index (χ4v) is 2.00. The number of alkyl halides is 3. The molecule has 134 valence electrons. The topological polar surface area (TPSA) is 60.9 Å². The highest BCUT2D eigenvalue weighted by Crippen LogP contribution is 2.29. The van der Waals surface area contributed by atoms with Gasteiger partial charge in [0.2, 0.25) is 5.91 Å². The van der Waals surface area contributed by atoms with E-state index in [2.05, 4.69) is 0 Å². The predicted octanol–water partition coefficient (Wildman–Crippen LogP) is 2.46. The Bertz CT molecular complexity index is 557. The first-order valence-electron chi connectivity index (χ1n) is 7.40. The maximum atomic E-state index is 12.6. The van der Waals surface area contributed by atoms with Gasteiger partial charge in [-0.2, -0.15) is 13.2 Å². The van der Waals surface area contributed by atoms with Gasteiger partial charge in [-0.15, -0.1) is 0 Å². The van der Waals surface area contributed by atoms with E-state index in [-0.39, 0.29) is 25.3 Å². The van der Waals surface area contributed by atoms with Crippen LogP contribution in [0.25, 0.3) is 0 Å². The number of hydrogen-bond donors (Lipinski definition) is 1. The molecular formula is C16H21F3N2O3. The number of carboxylic acids is 1. The van der Waals surface area contributed by atoms with Crippen LogP contribution < -0.4 is 0 Å². The lowest BCUT2D eigenvalue weighted by atomic mass is 10.1. The second-order valence-electron chi connectivity index (χ2n) is 5.71. The van der Waals surface area contributed by atoms with E-state index in [9.17, 15) is 22.8 Å². The normalized spacial score (nSPS) is 11.6. The van der Waals surface area contributed by atoms with Gasteiger partial charge in [0.25, 0.3) is 0 Å². The molecule has 1 N–H and O–H groups in total. The fourth-order valence-electron chi connectivity index (χ4n) is 2.00. The van der Waals surface area contributed by atoms with Crippen LogP contribution in [0.3, 0.4) is 0 Å². The van der Waals surface area contributed by atoms with E-state index in [1.54, 1.807) is 0 Å². The van der Waals surface area contributed by atoms with Crippen LogP contribution in [-0.2, 0) is 22.3 Å². The molecule has 0 aliphatic carbocycles. The minimum atomic E-state index is -4.40. The van der Waals surface area contributed by atoms with Gasteiger partial charge in [-0.05, 0) is 31.8 Å². The Morgan fingerprint density at radius 3 is 2.08 bits per heavy atom. The Hall–Kier alpha value is -2.09. The number of halogens is 3. The maximum Gasteiger partial charge on any atom is 0.416 e. The van der Waals surface area contributed by atoms with Gasteiger partial charge in [-0.25, -0.2) is 0 Å². The molecular weight excluding hydrogens is 325 g/mol. The van der Waals surface area contributed by atoms with Crippen molar-refractivity contribution >= 4 is 11.9 Å². The SMILES string of the molecule is CN(C)CCN(Cc1ccc(C(F)(F)F)cc1)C(=O)CCC(=O)O. The van der Waals surface area contributed by atoms with Crippen molar-refractivity contribution in [3.8, 4) is 0 Å². The summed E-state index contributed by atoms with van der Waals surface area (Å²) in [5, 5.41) is 8.67. The molecule has 0 radical (unpaired) electrons. The van der Waals surface area contributed by atoms with Crippen molar-refractivity contribution in [1.29, 1.82) is 0 Å². The number of aliphatic carboxylic acids is 1. The molecule has 0 unspecified atom stereocenters. The van der Waals surface area contributed by atoms with E-state index in [1.165, 1.54) is 17.0 Å². The predicted molar refractivity (Wildman–Crippen MR) is 82.3 cm³/mol. The van der Waals surface area contributed by atoms with Gasteiger partial charge in [0.1, 0.15) is 0 Å². The highest BCUT2D eigenvalue weighted by atomic mass is 19.4. The van der Waals surface area contributed by atoms with E-state index >= 15 is 0 Å². The number of hydrogen-bond acceptors (Lipinski definition) is 3. The number of likely N-dealkylation sites (N-methyl/N-ethyl adjacent to an activating group) is 1. The average molecular weight is 346 g/mol. The van der Waals surface area contributed by atoms with Gasteiger partial charge in [-0.1, -0.05) is 12.1 Å². The van der Waals surface area contributed by atoms with Crippen LogP contribution in [0.5, 0.6) is 0 Å². The second-order valence-corrected chi connectivity index (χ2v) is 5.71. The molecule has 1 amide bonds. The summed E-state index contributed by atoms with van der Waals surface area (Å²) < 4.78 is 37.7. The molecule has 1 aromatic rings. The van der Waals surface area contributed by atoms with Crippen LogP contribution in [0.2, 0.25) is 0 Å². The Kier molecular flexibility index (Phi) is 7.21. The van der Waals surface area contributed by atoms with Crippen LogP contribution in [0.1, 0.15) is 24.0 Å². The van der Waals surface area contributed by atoms with Crippen molar-refractivity contribution in [1.82, 2.24) is 9.80 Å². The average Bonchev–Trinajstić information content (AvgIpc) is 2.48. The summed E-state index contributed by atoms with van der Waals surface area (Å²) in [6.07, 6.45) is -4.81. The van der Waals surface area contributed by atoms with Crippen LogP contribution >= 0.6 is 0 Å². The molecule has 0 bridgehead atoms. The van der Waals surface area contributed by atoms with Crippen molar-refractivity contribution in [3.05, 3.63) is 35.4 Å². The Morgan fingerprint density at radius 2 is 1.62 bits per heavy atom. The summed E-state index contributed by atoms with van der Waals surface area (Å²) in [4.78, 5) is 26.1. The summed E-state index contributed by atoms with van der Waals surface area (Å²) in [7, 11) is 3.66. The van der Waals surface area contributed by atoms with Crippen molar-refractivity contribution in [2.45, 2.75) is 25.6 Å². The minimum Gasteiger partial charge on any atom is -0.481 e. The molecule has 0 spiro atoms. The molecule has 1 aromatic carbocycles. The Morgan fingerprint density at radius 1 is 1.04 bits per heavy atom. The van der Waals surface area contributed by atoms with Crippen LogP contribution in [0.15, 0.2) is 24.3 Å². The number of amides is 1. The van der Waals surface area contributed by atoms with Gasteiger partial charge < -0.3 is 14.9 Å². The second kappa shape index (κ2) is 8.68. The van der Waals surface area contributed by atoms with Crippen LogP contribution in [-0.4, -0.2) is 54.0 Å². The first-order chi connectivity index (χ1) is 11.1. The lowest BCUT2D eigenvalue weighted by Gasteiger charge is -2.24. The highest BCUT2D eigenvalue weighted by molar-refractivity contribution is 5.80. The van der Waals surface area contributed by atoms with Crippen LogP contribution in [0.4, 0.5) is 13.2 Å². The standard InChI is InChI=1S/C16H21F3N2O3/c1-20(2)9-10-21(14(22)7-8-15(23)24)11-12-3-5-13(6-4-12)16(17,18)19/h3-6H,7-11H2,1-2H3,(H,23,24). The smallest absolute Gasteiger partial charge is 0.416 e. The molecule has 0 saturated carbocycles. The van der Waals surface area contributed by atoms with Gasteiger partial charge in [0, 0.05) is 26.1 Å². The number of carboxylic acid groups (broad SMARTS) is 1. The number of benzene rings is 1. The van der Waals surface area contributed by atoms with E-state index in [0.717, 1.165) is 12.1 Å². The zero-order valence-corrected chi connectivity index (χ0v) is 13.6. The molecule has 0 fully saturated rings. The van der Waals surface area contributed by atoms with E-state index < -0.39 is 17.7 Å². The summed E-state index contributed by atoms with van der Waals surface area (Å²) in [6, 6.07) is 4.61. The molecule has 8 heteroatoms. The van der Waals surface area contributed by atoms with E-state index in [0.29, 0.717) is 18.7 Å². The fraction of sp³-hybridized carbons (Fsp3) is 0.500. The summed E-state index contributed by atoms with van der Waals surface area (Å²) in [5.74, 6) is -1.40. The van der Waals surface area contributed by atoms with Crippen molar-refractivity contribution in [2.75, 3.05) is 27.2 Å². The minimum absolute atomic E-state index is 0.136. The first kappa shape index (κ1) is 20.0. The zero-order chi connectivity index (χ0) is 18.3. The maximum absolute atomic E-state index is 12.6. The third-order valence-electron chi connectivity index (χ3n) is 3.38. The summed E-state index contributed by atoms with van der Waals surface area (Å²) >= 11 is 0. The molecule has 0 aromatic heterocycles. The number of carbonyl (C=O) groups is 2. The molecule has 0 atom stereocenters. The number of carbonyl (C=O) groups excluding carboxylic acids is 1. The zero-order valence-electron chi connectivity index (χ0n) is 13.6. The molecule has 0 saturated heterocycles. The van der Waals surface area contributed by atoms with Gasteiger partial charge in [0.15, 0.2) is 0 Å². The quantitative estimate of drug-likeness (QED) is 0.786. The third-order valence-corrected chi connectivity index (χ3v) is 3.38. The largest absolute Gasteiger partial charge is 0.481 e. The lowest BCUT2D eigenvalue weighted by Crippen LogP contribution is -2.36. The van der Waals surface area contributed by atoms with Gasteiger partial charge in [0.05, 0.1) is 12.0 Å². The summed E-state index contributed by atoms with van der Waals surface area (Å²) in [6.45, 7) is 1.08. The molecule has 24 heavy (non-hydrogen) atoms. The van der Waals surface area contributed by atoms with Crippen molar-refractivity contribution in [2.24, 2.45) is 0 Å². The molecule has 0 aliphatic rings. The van der Waals surface area contributed by atoms with Crippen molar-refractivity contribution in [3.63, 3.8) is 0 Å². The number of nitrogens with zero attached hydrogens (tertiary/aromatic N) is 2. The molecule has 0 heterocycles. The first-order valence-corrected chi connectivity index (χ1v) is 7.40. The Balaban J connectivity index is 2.79. The lowest BCUT2D eigenvalue weighted by molar-refractivity contribution is -0.141. The Labute approximate surface area is 138 Å². The van der Waals surface area contributed by atoms with Gasteiger partial charge in [-0.3, -0.25) is 9.59 Å². The molecule has 0 aliphatic heterocycles. The molecule has 1 rings (SSSR count). The third kappa shape index (κ3) is 6.99.